The third kappa shape index (κ3) is 3.27. The molecule has 0 aromatic carbocycles. The van der Waals surface area contributed by atoms with Crippen molar-refractivity contribution in [2.75, 3.05) is 40.9 Å². The van der Waals surface area contributed by atoms with E-state index in [1.165, 1.54) is 6.42 Å². The smallest absolute Gasteiger partial charge is 0.319 e. The molecule has 0 N–H and O–H groups in total. The first-order valence-electron chi connectivity index (χ1n) is 8.85. The van der Waals surface area contributed by atoms with Crippen molar-refractivity contribution in [2.45, 2.75) is 49.9 Å². The quantitative estimate of drug-likeness (QED) is 0.825. The molecule has 2 amide bonds. The van der Waals surface area contributed by atoms with Gasteiger partial charge in [-0.2, -0.15) is 4.98 Å². The average Bonchev–Trinajstić information content (AvgIpc) is 3.03. The maximum Gasteiger partial charge on any atom is 0.319 e. The highest BCUT2D eigenvalue weighted by atomic mass is 16.5. The van der Waals surface area contributed by atoms with E-state index < -0.39 is 0 Å². The maximum atomic E-state index is 12.0. The molecule has 0 radical (unpaired) electrons. The van der Waals surface area contributed by atoms with E-state index >= 15 is 0 Å². The molecule has 1 aromatic rings. The van der Waals surface area contributed by atoms with E-state index in [2.05, 4.69) is 5.16 Å². The van der Waals surface area contributed by atoms with Crippen LogP contribution >= 0.6 is 0 Å². The van der Waals surface area contributed by atoms with Gasteiger partial charge >= 0.3 is 6.03 Å². The van der Waals surface area contributed by atoms with Crippen LogP contribution in [0.3, 0.4) is 0 Å². The van der Waals surface area contributed by atoms with Crippen molar-refractivity contribution in [2.24, 2.45) is 0 Å². The van der Waals surface area contributed by atoms with Gasteiger partial charge in [0.2, 0.25) is 5.89 Å². The number of aromatic nitrogens is 2. The van der Waals surface area contributed by atoms with Crippen molar-refractivity contribution in [3.05, 3.63) is 11.7 Å². The standard InChI is InChI=1S/C17H28N4O3/c1-20(2)16(22)21-10-5-13(6-11-21)14-18-15(19-24-14)17(7-4-8-17)9-12-23-3/h13H,4-12H2,1-3H3. The first-order valence-corrected chi connectivity index (χ1v) is 8.85. The highest BCUT2D eigenvalue weighted by Crippen LogP contribution is 2.45. The van der Waals surface area contributed by atoms with E-state index in [-0.39, 0.29) is 17.4 Å². The van der Waals surface area contributed by atoms with Crippen molar-refractivity contribution in [1.82, 2.24) is 19.9 Å². The van der Waals surface area contributed by atoms with E-state index in [0.717, 1.165) is 63.5 Å². The number of methoxy groups -OCH3 is 1. The first-order chi connectivity index (χ1) is 11.6. The molecule has 7 nitrogen and oxygen atoms in total. The lowest BCUT2D eigenvalue weighted by atomic mass is 9.66. The number of likely N-dealkylation sites (tertiary alicyclic amines) is 1. The summed E-state index contributed by atoms with van der Waals surface area (Å²) in [5, 5.41) is 4.29. The molecule has 1 aromatic heterocycles. The van der Waals surface area contributed by atoms with Crippen molar-refractivity contribution in [3.8, 4) is 0 Å². The number of carbonyl (C=O) groups excluding carboxylic acids is 1. The number of hydrogen-bond acceptors (Lipinski definition) is 5. The molecule has 1 aliphatic heterocycles. The summed E-state index contributed by atoms with van der Waals surface area (Å²) in [6.45, 7) is 2.22. The van der Waals surface area contributed by atoms with E-state index in [0.29, 0.717) is 0 Å². The summed E-state index contributed by atoms with van der Waals surface area (Å²) < 4.78 is 10.8. The lowest BCUT2D eigenvalue weighted by Crippen LogP contribution is -2.43. The fourth-order valence-electron chi connectivity index (χ4n) is 3.70. The molecule has 0 unspecified atom stereocenters. The molecule has 2 fully saturated rings. The van der Waals surface area contributed by atoms with E-state index in [9.17, 15) is 4.79 Å². The van der Waals surface area contributed by atoms with Crippen LogP contribution < -0.4 is 0 Å². The molecule has 7 heteroatoms. The zero-order chi connectivity index (χ0) is 17.2. The number of ether oxygens (including phenoxy) is 1. The van der Waals surface area contributed by atoms with Gasteiger partial charge in [-0.3, -0.25) is 0 Å². The Hall–Kier alpha value is -1.63. The SMILES string of the molecule is COCCC1(c2noc(C3CCN(C(=O)N(C)C)CC3)n2)CCC1. The third-order valence-corrected chi connectivity index (χ3v) is 5.51. The van der Waals surface area contributed by atoms with Crippen LogP contribution in [0.4, 0.5) is 4.79 Å². The second kappa shape index (κ2) is 7.09. The van der Waals surface area contributed by atoms with Crippen LogP contribution in [0.15, 0.2) is 4.52 Å². The summed E-state index contributed by atoms with van der Waals surface area (Å²) in [6, 6.07) is 0.0765. The molecule has 1 saturated heterocycles. The fourth-order valence-corrected chi connectivity index (χ4v) is 3.70. The zero-order valence-electron chi connectivity index (χ0n) is 15.0. The van der Waals surface area contributed by atoms with E-state index in [4.69, 9.17) is 14.2 Å². The van der Waals surface area contributed by atoms with Gasteiger partial charge in [-0.1, -0.05) is 11.6 Å². The summed E-state index contributed by atoms with van der Waals surface area (Å²) in [5.74, 6) is 1.86. The Morgan fingerprint density at radius 3 is 2.62 bits per heavy atom. The number of urea groups is 1. The Morgan fingerprint density at radius 2 is 2.08 bits per heavy atom. The Kier molecular flexibility index (Phi) is 5.08. The van der Waals surface area contributed by atoms with Crippen LogP contribution in [0, 0.1) is 0 Å². The predicted molar refractivity (Wildman–Crippen MR) is 89.0 cm³/mol. The van der Waals surface area contributed by atoms with Crippen molar-refractivity contribution in [1.29, 1.82) is 0 Å². The van der Waals surface area contributed by atoms with Gasteiger partial charge in [0.15, 0.2) is 5.82 Å². The summed E-state index contributed by atoms with van der Waals surface area (Å²) >= 11 is 0. The van der Waals surface area contributed by atoms with Crippen LogP contribution in [-0.4, -0.2) is 66.9 Å². The molecule has 24 heavy (non-hydrogen) atoms. The zero-order valence-corrected chi connectivity index (χ0v) is 15.0. The van der Waals surface area contributed by atoms with Crippen molar-refractivity contribution >= 4 is 6.03 Å². The monoisotopic (exact) mass is 336 g/mol. The topological polar surface area (TPSA) is 71.7 Å². The largest absolute Gasteiger partial charge is 0.385 e. The summed E-state index contributed by atoms with van der Waals surface area (Å²) in [5.41, 5.74) is 0.0549. The minimum Gasteiger partial charge on any atom is -0.385 e. The minimum absolute atomic E-state index is 0.0549. The molecule has 3 rings (SSSR count). The molecule has 0 atom stereocenters. The Labute approximate surface area is 143 Å². The van der Waals surface area contributed by atoms with Gasteiger partial charge in [-0.05, 0) is 32.1 Å². The number of amides is 2. The average molecular weight is 336 g/mol. The van der Waals surface area contributed by atoms with Gasteiger partial charge in [0.05, 0.1) is 0 Å². The van der Waals surface area contributed by atoms with Crippen LogP contribution in [0.2, 0.25) is 0 Å². The maximum absolute atomic E-state index is 12.0. The van der Waals surface area contributed by atoms with Gasteiger partial charge in [-0.15, -0.1) is 0 Å². The Morgan fingerprint density at radius 1 is 1.38 bits per heavy atom. The van der Waals surface area contributed by atoms with Crippen LogP contribution in [0.25, 0.3) is 0 Å². The van der Waals surface area contributed by atoms with Crippen LogP contribution in [0.5, 0.6) is 0 Å². The molecular weight excluding hydrogens is 308 g/mol. The van der Waals surface area contributed by atoms with Crippen LogP contribution in [-0.2, 0) is 10.2 Å². The van der Waals surface area contributed by atoms with Crippen LogP contribution in [0.1, 0.15) is 56.2 Å². The Balaban J connectivity index is 1.61. The number of rotatable bonds is 5. The highest BCUT2D eigenvalue weighted by Gasteiger charge is 2.43. The number of carbonyl (C=O) groups is 1. The molecule has 0 bridgehead atoms. The molecule has 2 heterocycles. The molecule has 2 aliphatic rings. The molecule has 1 saturated carbocycles. The lowest BCUT2D eigenvalue weighted by Gasteiger charge is -2.38. The first kappa shape index (κ1) is 17.2. The number of piperidine rings is 1. The van der Waals surface area contributed by atoms with Gasteiger partial charge in [-0.25, -0.2) is 4.79 Å². The second-order valence-electron chi connectivity index (χ2n) is 7.27. The molecule has 0 spiro atoms. The normalized spacial score (nSPS) is 20.7. The highest BCUT2D eigenvalue weighted by molar-refractivity contribution is 5.73. The number of hydrogen-bond donors (Lipinski definition) is 0. The lowest BCUT2D eigenvalue weighted by molar-refractivity contribution is 0.122. The van der Waals surface area contributed by atoms with Gasteiger partial charge in [0.1, 0.15) is 0 Å². The van der Waals surface area contributed by atoms with E-state index in [1.54, 1.807) is 26.1 Å². The molecular formula is C17H28N4O3. The minimum atomic E-state index is 0.0549. The predicted octanol–water partition coefficient (Wildman–Crippen LogP) is 2.39. The van der Waals surface area contributed by atoms with Gasteiger partial charge in [0, 0.05) is 52.2 Å². The van der Waals surface area contributed by atoms with Crippen molar-refractivity contribution < 1.29 is 14.1 Å². The second-order valence-corrected chi connectivity index (χ2v) is 7.27. The molecule has 134 valence electrons. The van der Waals surface area contributed by atoms with Gasteiger partial charge < -0.3 is 19.1 Å². The van der Waals surface area contributed by atoms with Crippen molar-refractivity contribution in [3.63, 3.8) is 0 Å². The molecule has 1 aliphatic carbocycles. The van der Waals surface area contributed by atoms with E-state index in [1.807, 2.05) is 4.90 Å². The summed E-state index contributed by atoms with van der Waals surface area (Å²) in [4.78, 5) is 20.3. The summed E-state index contributed by atoms with van der Waals surface area (Å²) in [7, 11) is 5.31. The van der Waals surface area contributed by atoms with Gasteiger partial charge in [0.25, 0.3) is 0 Å². The summed E-state index contributed by atoms with van der Waals surface area (Å²) in [6.07, 6.45) is 6.17. The fraction of sp³-hybridized carbons (Fsp3) is 0.824. The Bertz CT molecular complexity index is 560. The third-order valence-electron chi connectivity index (χ3n) is 5.51. The number of nitrogens with zero attached hydrogens (tertiary/aromatic N) is 4.